The third kappa shape index (κ3) is 3.07. The van der Waals surface area contributed by atoms with E-state index in [0.29, 0.717) is 6.42 Å². The predicted molar refractivity (Wildman–Crippen MR) is 86.9 cm³/mol. The standard InChI is InChI=1S/C18H20N2O/c1-12-3-4-14(9-13(12)2)10-18(21)20-16-5-6-17-15(11-16)7-8-19-17/h3-6,9,11,19H,7-8,10H2,1-2H3,(H,20,21). The number of benzene rings is 2. The van der Waals surface area contributed by atoms with Gasteiger partial charge in [-0.1, -0.05) is 18.2 Å². The molecule has 21 heavy (non-hydrogen) atoms. The number of fused-ring (bicyclic) bond motifs is 1. The summed E-state index contributed by atoms with van der Waals surface area (Å²) in [5.41, 5.74) is 6.88. The first kappa shape index (κ1) is 13.7. The van der Waals surface area contributed by atoms with Gasteiger partial charge in [0.05, 0.1) is 6.42 Å². The van der Waals surface area contributed by atoms with E-state index >= 15 is 0 Å². The second kappa shape index (κ2) is 5.60. The minimum absolute atomic E-state index is 0.0316. The Labute approximate surface area is 125 Å². The van der Waals surface area contributed by atoms with Crippen LogP contribution in [0.5, 0.6) is 0 Å². The Morgan fingerprint density at radius 3 is 2.81 bits per heavy atom. The molecule has 108 valence electrons. The molecule has 1 aliphatic heterocycles. The Morgan fingerprint density at radius 2 is 2.00 bits per heavy atom. The van der Waals surface area contributed by atoms with Crippen LogP contribution in [-0.4, -0.2) is 12.5 Å². The third-order valence-corrected chi connectivity index (χ3v) is 4.03. The van der Waals surface area contributed by atoms with E-state index in [1.54, 1.807) is 0 Å². The Kier molecular flexibility index (Phi) is 3.65. The van der Waals surface area contributed by atoms with Crippen molar-refractivity contribution in [2.24, 2.45) is 0 Å². The van der Waals surface area contributed by atoms with E-state index in [0.717, 1.165) is 24.2 Å². The average molecular weight is 280 g/mol. The SMILES string of the molecule is Cc1ccc(CC(=O)Nc2ccc3c(c2)CCN3)cc1C. The fourth-order valence-corrected chi connectivity index (χ4v) is 2.69. The van der Waals surface area contributed by atoms with Gasteiger partial charge < -0.3 is 10.6 Å². The lowest BCUT2D eigenvalue weighted by Crippen LogP contribution is -2.14. The number of amides is 1. The maximum Gasteiger partial charge on any atom is 0.228 e. The molecule has 0 aromatic heterocycles. The van der Waals surface area contributed by atoms with E-state index in [4.69, 9.17) is 0 Å². The van der Waals surface area contributed by atoms with Crippen molar-refractivity contribution in [3.05, 3.63) is 58.7 Å². The lowest BCUT2D eigenvalue weighted by atomic mass is 10.0. The molecule has 0 fully saturated rings. The van der Waals surface area contributed by atoms with Gasteiger partial charge in [-0.15, -0.1) is 0 Å². The minimum Gasteiger partial charge on any atom is -0.384 e. The lowest BCUT2D eigenvalue weighted by molar-refractivity contribution is -0.115. The van der Waals surface area contributed by atoms with Crippen LogP contribution in [0.3, 0.4) is 0 Å². The molecule has 1 amide bonds. The quantitative estimate of drug-likeness (QED) is 0.904. The van der Waals surface area contributed by atoms with E-state index in [1.165, 1.54) is 22.4 Å². The van der Waals surface area contributed by atoms with Gasteiger partial charge in [0.25, 0.3) is 0 Å². The first-order chi connectivity index (χ1) is 10.1. The highest BCUT2D eigenvalue weighted by Crippen LogP contribution is 2.25. The fourth-order valence-electron chi connectivity index (χ4n) is 2.69. The summed E-state index contributed by atoms with van der Waals surface area (Å²) in [6, 6.07) is 12.2. The molecule has 1 heterocycles. The van der Waals surface area contributed by atoms with Gasteiger partial charge in [0, 0.05) is 17.9 Å². The molecule has 1 aliphatic rings. The van der Waals surface area contributed by atoms with Crippen LogP contribution >= 0.6 is 0 Å². The van der Waals surface area contributed by atoms with Crippen LogP contribution < -0.4 is 10.6 Å². The Hall–Kier alpha value is -2.29. The van der Waals surface area contributed by atoms with Crippen LogP contribution in [0.15, 0.2) is 36.4 Å². The van der Waals surface area contributed by atoms with E-state index in [2.05, 4.69) is 42.7 Å². The van der Waals surface area contributed by atoms with Crippen LogP contribution in [0.1, 0.15) is 22.3 Å². The second-order valence-electron chi connectivity index (χ2n) is 5.69. The van der Waals surface area contributed by atoms with Crippen molar-refractivity contribution in [3.63, 3.8) is 0 Å². The molecular formula is C18H20N2O. The molecule has 0 atom stereocenters. The van der Waals surface area contributed by atoms with Crippen molar-refractivity contribution in [2.45, 2.75) is 26.7 Å². The van der Waals surface area contributed by atoms with Gasteiger partial charge in [0.15, 0.2) is 0 Å². The number of anilines is 2. The lowest BCUT2D eigenvalue weighted by Gasteiger charge is -2.08. The number of hydrogen-bond donors (Lipinski definition) is 2. The normalized spacial score (nSPS) is 12.7. The smallest absolute Gasteiger partial charge is 0.228 e. The molecule has 0 spiro atoms. The van der Waals surface area contributed by atoms with Crippen molar-refractivity contribution in [2.75, 3.05) is 17.2 Å². The molecule has 3 heteroatoms. The van der Waals surface area contributed by atoms with E-state index in [-0.39, 0.29) is 5.91 Å². The number of carbonyl (C=O) groups is 1. The Morgan fingerprint density at radius 1 is 1.14 bits per heavy atom. The Bertz CT molecular complexity index is 692. The van der Waals surface area contributed by atoms with Crippen molar-refractivity contribution < 1.29 is 4.79 Å². The van der Waals surface area contributed by atoms with Crippen LogP contribution in [0, 0.1) is 13.8 Å². The monoisotopic (exact) mass is 280 g/mol. The highest BCUT2D eigenvalue weighted by atomic mass is 16.1. The minimum atomic E-state index is 0.0316. The number of hydrogen-bond acceptors (Lipinski definition) is 2. The first-order valence-electron chi connectivity index (χ1n) is 7.34. The zero-order valence-corrected chi connectivity index (χ0v) is 12.5. The third-order valence-electron chi connectivity index (χ3n) is 4.03. The molecule has 3 rings (SSSR count). The molecule has 2 aromatic carbocycles. The molecule has 0 aliphatic carbocycles. The first-order valence-corrected chi connectivity index (χ1v) is 7.34. The molecule has 0 bridgehead atoms. The van der Waals surface area contributed by atoms with Gasteiger partial charge in [-0.05, 0) is 60.7 Å². The highest BCUT2D eigenvalue weighted by molar-refractivity contribution is 5.92. The van der Waals surface area contributed by atoms with Gasteiger partial charge in [-0.25, -0.2) is 0 Å². The van der Waals surface area contributed by atoms with Gasteiger partial charge in [0.2, 0.25) is 5.91 Å². The summed E-state index contributed by atoms with van der Waals surface area (Å²) in [6.07, 6.45) is 1.44. The van der Waals surface area contributed by atoms with Gasteiger partial charge in [-0.3, -0.25) is 4.79 Å². The maximum absolute atomic E-state index is 12.2. The molecule has 0 saturated heterocycles. The number of rotatable bonds is 3. The molecule has 2 N–H and O–H groups in total. The topological polar surface area (TPSA) is 41.1 Å². The van der Waals surface area contributed by atoms with Crippen LogP contribution in [0.2, 0.25) is 0 Å². The summed E-state index contributed by atoms with van der Waals surface area (Å²) in [7, 11) is 0. The number of aryl methyl sites for hydroxylation is 2. The van der Waals surface area contributed by atoms with Crippen LogP contribution in [0.4, 0.5) is 11.4 Å². The maximum atomic E-state index is 12.2. The van der Waals surface area contributed by atoms with E-state index < -0.39 is 0 Å². The Balaban J connectivity index is 1.67. The van der Waals surface area contributed by atoms with Crippen molar-refractivity contribution in [3.8, 4) is 0 Å². The van der Waals surface area contributed by atoms with Crippen molar-refractivity contribution >= 4 is 17.3 Å². The summed E-state index contributed by atoms with van der Waals surface area (Å²) < 4.78 is 0. The molecule has 0 radical (unpaired) electrons. The van der Waals surface area contributed by atoms with E-state index in [1.807, 2.05) is 18.2 Å². The zero-order chi connectivity index (χ0) is 14.8. The molecule has 3 nitrogen and oxygen atoms in total. The summed E-state index contributed by atoms with van der Waals surface area (Å²) in [5.74, 6) is 0.0316. The average Bonchev–Trinajstić information content (AvgIpc) is 2.90. The zero-order valence-electron chi connectivity index (χ0n) is 12.5. The summed E-state index contributed by atoms with van der Waals surface area (Å²) in [6.45, 7) is 5.14. The number of nitrogens with one attached hydrogen (secondary N) is 2. The molecule has 0 unspecified atom stereocenters. The molecule has 0 saturated carbocycles. The highest BCUT2D eigenvalue weighted by Gasteiger charge is 2.11. The van der Waals surface area contributed by atoms with E-state index in [9.17, 15) is 4.79 Å². The predicted octanol–water partition coefficient (Wildman–Crippen LogP) is 3.45. The largest absolute Gasteiger partial charge is 0.384 e. The second-order valence-corrected chi connectivity index (χ2v) is 5.69. The van der Waals surface area contributed by atoms with Gasteiger partial charge in [0.1, 0.15) is 0 Å². The van der Waals surface area contributed by atoms with Crippen LogP contribution in [-0.2, 0) is 17.6 Å². The van der Waals surface area contributed by atoms with Gasteiger partial charge in [-0.2, -0.15) is 0 Å². The van der Waals surface area contributed by atoms with Crippen molar-refractivity contribution in [1.29, 1.82) is 0 Å². The van der Waals surface area contributed by atoms with Gasteiger partial charge >= 0.3 is 0 Å². The van der Waals surface area contributed by atoms with Crippen molar-refractivity contribution in [1.82, 2.24) is 0 Å². The summed E-state index contributed by atoms with van der Waals surface area (Å²) in [5, 5.41) is 6.31. The summed E-state index contributed by atoms with van der Waals surface area (Å²) in [4.78, 5) is 12.2. The fraction of sp³-hybridized carbons (Fsp3) is 0.278. The van der Waals surface area contributed by atoms with Crippen LogP contribution in [0.25, 0.3) is 0 Å². The summed E-state index contributed by atoms with van der Waals surface area (Å²) >= 11 is 0. The molecular weight excluding hydrogens is 260 g/mol. The molecule has 2 aromatic rings. The number of carbonyl (C=O) groups excluding carboxylic acids is 1.